The fourth-order valence-electron chi connectivity index (χ4n) is 2.34. The third-order valence-corrected chi connectivity index (χ3v) is 5.49. The van der Waals surface area contributed by atoms with Crippen molar-refractivity contribution in [3.05, 3.63) is 47.9 Å². The molecule has 1 N–H and O–H groups in total. The largest absolute Gasteiger partial charge is 0.366 e. The van der Waals surface area contributed by atoms with Gasteiger partial charge in [-0.2, -0.15) is 14.6 Å². The molecule has 0 unspecified atom stereocenters. The summed E-state index contributed by atoms with van der Waals surface area (Å²) in [5.74, 6) is 1.19. The van der Waals surface area contributed by atoms with Crippen LogP contribution in [0.2, 0.25) is 0 Å². The molecule has 0 saturated heterocycles. The summed E-state index contributed by atoms with van der Waals surface area (Å²) >= 11 is 0. The maximum Gasteiger partial charge on any atom is 0.254 e. The summed E-state index contributed by atoms with van der Waals surface area (Å²) in [6, 6.07) is 8.76. The van der Waals surface area contributed by atoms with Crippen molar-refractivity contribution in [1.29, 1.82) is 0 Å². The molecule has 9 heteroatoms. The van der Waals surface area contributed by atoms with Crippen molar-refractivity contribution < 1.29 is 8.42 Å². The van der Waals surface area contributed by atoms with Crippen molar-refractivity contribution in [3.8, 4) is 0 Å². The highest BCUT2D eigenvalue weighted by Gasteiger charge is 2.20. The second-order valence-corrected chi connectivity index (χ2v) is 7.62. The van der Waals surface area contributed by atoms with E-state index in [4.69, 9.17) is 0 Å². The molecule has 126 valence electrons. The topological polar surface area (TPSA) is 92.5 Å². The van der Waals surface area contributed by atoms with E-state index in [0.29, 0.717) is 23.7 Å². The van der Waals surface area contributed by atoms with Gasteiger partial charge in [0.15, 0.2) is 0 Å². The average Bonchev–Trinajstić information content (AvgIpc) is 3.01. The van der Waals surface area contributed by atoms with E-state index in [1.165, 1.54) is 24.7 Å². The molecular weight excluding hydrogens is 328 g/mol. The standard InChI is InChI=1S/C15H18N6O2S/c1-11-8-14(21-15(19-11)17-10-18-21)16-9-12-6-4-5-7-13(12)24(22,23)20(2)3/h4-8,10,16H,9H2,1-3H3. The fourth-order valence-corrected chi connectivity index (χ4v) is 3.46. The third-order valence-electron chi connectivity index (χ3n) is 3.57. The van der Waals surface area contributed by atoms with Crippen molar-refractivity contribution >= 4 is 21.6 Å². The molecule has 0 amide bonds. The smallest absolute Gasteiger partial charge is 0.254 e. The van der Waals surface area contributed by atoms with Crippen LogP contribution in [0.3, 0.4) is 0 Å². The zero-order valence-electron chi connectivity index (χ0n) is 13.6. The van der Waals surface area contributed by atoms with Gasteiger partial charge in [0.25, 0.3) is 5.78 Å². The van der Waals surface area contributed by atoms with Crippen molar-refractivity contribution in [2.24, 2.45) is 0 Å². The maximum absolute atomic E-state index is 12.4. The molecular formula is C15H18N6O2S. The molecule has 24 heavy (non-hydrogen) atoms. The van der Waals surface area contributed by atoms with Crippen LogP contribution in [0.15, 0.2) is 41.6 Å². The number of nitrogens with zero attached hydrogens (tertiary/aromatic N) is 5. The summed E-state index contributed by atoms with van der Waals surface area (Å²) < 4.78 is 27.7. The van der Waals surface area contributed by atoms with Crippen LogP contribution in [-0.4, -0.2) is 46.4 Å². The van der Waals surface area contributed by atoms with Crippen LogP contribution in [0.4, 0.5) is 5.82 Å². The van der Waals surface area contributed by atoms with Gasteiger partial charge >= 0.3 is 0 Å². The first-order valence-electron chi connectivity index (χ1n) is 7.31. The van der Waals surface area contributed by atoms with Gasteiger partial charge in [0.2, 0.25) is 10.0 Å². The van der Waals surface area contributed by atoms with Crippen LogP contribution in [0.25, 0.3) is 5.78 Å². The summed E-state index contributed by atoms with van der Waals surface area (Å²) in [5, 5.41) is 7.35. The lowest BCUT2D eigenvalue weighted by Crippen LogP contribution is -2.24. The minimum Gasteiger partial charge on any atom is -0.366 e. The summed E-state index contributed by atoms with van der Waals surface area (Å²) in [6.07, 6.45) is 1.43. The highest BCUT2D eigenvalue weighted by atomic mass is 32.2. The lowest BCUT2D eigenvalue weighted by molar-refractivity contribution is 0.519. The SMILES string of the molecule is Cc1cc(NCc2ccccc2S(=O)(=O)N(C)C)n2ncnc2n1. The number of aromatic nitrogens is 4. The molecule has 0 saturated carbocycles. The van der Waals surface area contributed by atoms with Crippen molar-refractivity contribution in [2.75, 3.05) is 19.4 Å². The first-order valence-corrected chi connectivity index (χ1v) is 8.75. The van der Waals surface area contributed by atoms with E-state index in [9.17, 15) is 8.42 Å². The van der Waals surface area contributed by atoms with Gasteiger partial charge in [0.05, 0.1) is 4.90 Å². The molecule has 1 aromatic carbocycles. The van der Waals surface area contributed by atoms with Gasteiger partial charge in [-0.3, -0.25) is 0 Å². The van der Waals surface area contributed by atoms with Crippen molar-refractivity contribution in [1.82, 2.24) is 23.9 Å². The molecule has 8 nitrogen and oxygen atoms in total. The maximum atomic E-state index is 12.4. The van der Waals surface area contributed by atoms with Crippen LogP contribution in [0.5, 0.6) is 0 Å². The van der Waals surface area contributed by atoms with E-state index >= 15 is 0 Å². The number of hydrogen-bond acceptors (Lipinski definition) is 6. The fraction of sp³-hybridized carbons (Fsp3) is 0.267. The summed E-state index contributed by atoms with van der Waals surface area (Å²) in [4.78, 5) is 8.63. The molecule has 0 spiro atoms. The summed E-state index contributed by atoms with van der Waals surface area (Å²) in [7, 11) is -0.468. The number of anilines is 1. The van der Waals surface area contributed by atoms with Gasteiger partial charge in [-0.1, -0.05) is 18.2 Å². The van der Waals surface area contributed by atoms with Gasteiger partial charge in [0, 0.05) is 32.4 Å². The lowest BCUT2D eigenvalue weighted by Gasteiger charge is -2.16. The van der Waals surface area contributed by atoms with E-state index in [-0.39, 0.29) is 4.90 Å². The Morgan fingerprint density at radius 1 is 1.25 bits per heavy atom. The lowest BCUT2D eigenvalue weighted by atomic mass is 10.2. The number of fused-ring (bicyclic) bond motifs is 1. The van der Waals surface area contributed by atoms with Gasteiger partial charge < -0.3 is 5.32 Å². The van der Waals surface area contributed by atoms with Crippen molar-refractivity contribution in [3.63, 3.8) is 0 Å². The van der Waals surface area contributed by atoms with Crippen LogP contribution in [-0.2, 0) is 16.6 Å². The Kier molecular flexibility index (Phi) is 4.20. The highest BCUT2D eigenvalue weighted by Crippen LogP contribution is 2.20. The average molecular weight is 346 g/mol. The Morgan fingerprint density at radius 2 is 2.00 bits per heavy atom. The third kappa shape index (κ3) is 2.95. The molecule has 3 aromatic rings. The predicted molar refractivity (Wildman–Crippen MR) is 90.2 cm³/mol. The van der Waals surface area contributed by atoms with Gasteiger partial charge in [0.1, 0.15) is 12.1 Å². The van der Waals surface area contributed by atoms with Crippen molar-refractivity contribution in [2.45, 2.75) is 18.4 Å². The van der Waals surface area contributed by atoms with E-state index < -0.39 is 10.0 Å². The van der Waals surface area contributed by atoms with Crippen LogP contribution < -0.4 is 5.32 Å². The number of hydrogen-bond donors (Lipinski definition) is 1. The number of benzene rings is 1. The van der Waals surface area contributed by atoms with E-state index in [2.05, 4.69) is 20.4 Å². The number of nitrogens with one attached hydrogen (secondary N) is 1. The molecule has 0 bridgehead atoms. The van der Waals surface area contributed by atoms with Gasteiger partial charge in [-0.25, -0.2) is 17.7 Å². The minimum absolute atomic E-state index is 0.281. The van der Waals surface area contributed by atoms with E-state index in [1.807, 2.05) is 19.1 Å². The molecule has 2 aromatic heterocycles. The Labute approximate surface area is 140 Å². The quantitative estimate of drug-likeness (QED) is 0.748. The van der Waals surface area contributed by atoms with Gasteiger partial charge in [-0.15, -0.1) is 0 Å². The summed E-state index contributed by atoms with van der Waals surface area (Å²) in [6.45, 7) is 2.20. The number of aryl methyl sites for hydroxylation is 1. The zero-order chi connectivity index (χ0) is 17.3. The predicted octanol–water partition coefficient (Wildman–Crippen LogP) is 1.30. The van der Waals surface area contributed by atoms with Crippen LogP contribution in [0, 0.1) is 6.92 Å². The first-order chi connectivity index (χ1) is 11.4. The second kappa shape index (κ2) is 6.17. The van der Waals surface area contributed by atoms with Crippen LogP contribution in [0.1, 0.15) is 11.3 Å². The molecule has 0 aliphatic rings. The second-order valence-electron chi connectivity index (χ2n) is 5.50. The Bertz CT molecular complexity index is 981. The molecule has 0 fully saturated rings. The molecule has 0 radical (unpaired) electrons. The number of rotatable bonds is 5. The highest BCUT2D eigenvalue weighted by molar-refractivity contribution is 7.89. The minimum atomic E-state index is -3.51. The number of sulfonamides is 1. The van der Waals surface area contributed by atoms with Crippen LogP contribution >= 0.6 is 0 Å². The Balaban J connectivity index is 1.94. The molecule has 0 atom stereocenters. The Morgan fingerprint density at radius 3 is 2.75 bits per heavy atom. The normalized spacial score (nSPS) is 12.0. The molecule has 0 aliphatic heterocycles. The first kappa shape index (κ1) is 16.3. The Hall–Kier alpha value is -2.52. The van der Waals surface area contributed by atoms with E-state index in [1.54, 1.807) is 22.7 Å². The molecule has 0 aliphatic carbocycles. The van der Waals surface area contributed by atoms with E-state index in [0.717, 1.165) is 5.69 Å². The molecule has 2 heterocycles. The summed E-state index contributed by atoms with van der Waals surface area (Å²) in [5.41, 5.74) is 1.47. The molecule has 3 rings (SSSR count). The zero-order valence-corrected chi connectivity index (χ0v) is 14.4. The van der Waals surface area contributed by atoms with Gasteiger partial charge in [-0.05, 0) is 18.6 Å². The monoisotopic (exact) mass is 346 g/mol.